The average Bonchev–Trinajstić information content (AvgIpc) is 3.44. The average molecular weight is 666 g/mol. The highest BCUT2D eigenvalue weighted by atomic mass is 15.1. The topological polar surface area (TPSA) is 3.24 Å². The van der Waals surface area contributed by atoms with Gasteiger partial charge in [-0.05, 0) is 109 Å². The molecule has 248 valence electrons. The molecule has 1 aliphatic rings. The van der Waals surface area contributed by atoms with Gasteiger partial charge in [0, 0.05) is 22.5 Å². The molecule has 52 heavy (non-hydrogen) atoms. The summed E-state index contributed by atoms with van der Waals surface area (Å²) < 4.78 is 0. The molecule has 0 bridgehead atoms. The van der Waals surface area contributed by atoms with E-state index in [-0.39, 0.29) is 5.41 Å². The highest BCUT2D eigenvalue weighted by Gasteiger charge is 2.36. The van der Waals surface area contributed by atoms with Crippen LogP contribution in [-0.2, 0) is 5.41 Å². The molecule has 0 atom stereocenters. The summed E-state index contributed by atoms with van der Waals surface area (Å²) in [5.74, 6) is 0. The van der Waals surface area contributed by atoms with Gasteiger partial charge in [-0.25, -0.2) is 0 Å². The van der Waals surface area contributed by atoms with E-state index in [1.54, 1.807) is 0 Å². The first-order chi connectivity index (χ1) is 25.5. The molecule has 0 radical (unpaired) electrons. The Bertz CT molecular complexity index is 2510. The molecule has 0 N–H and O–H groups in total. The Morgan fingerprint density at radius 2 is 0.731 bits per heavy atom. The zero-order chi connectivity index (χ0) is 35.1. The Labute approximate surface area is 307 Å². The molecule has 0 spiro atoms. The number of nitrogens with zero attached hydrogens (tertiary/aromatic N) is 1. The number of hydrogen-bond acceptors (Lipinski definition) is 1. The van der Waals surface area contributed by atoms with Crippen molar-refractivity contribution in [2.24, 2.45) is 0 Å². The van der Waals surface area contributed by atoms with Crippen molar-refractivity contribution in [1.82, 2.24) is 0 Å². The smallest absolute Gasteiger partial charge is 0.0467 e. The Morgan fingerprint density at radius 1 is 0.288 bits per heavy atom. The minimum Gasteiger partial charge on any atom is -0.310 e. The van der Waals surface area contributed by atoms with Crippen LogP contribution in [0.1, 0.15) is 25.0 Å². The molecular formula is C51H39N. The Balaban J connectivity index is 1.14. The lowest BCUT2D eigenvalue weighted by atomic mass is 9.81. The van der Waals surface area contributed by atoms with E-state index in [0.717, 1.165) is 17.1 Å². The molecule has 0 aliphatic heterocycles. The number of hydrogen-bond donors (Lipinski definition) is 0. The van der Waals surface area contributed by atoms with Gasteiger partial charge in [0.25, 0.3) is 0 Å². The molecule has 0 unspecified atom stereocenters. The lowest BCUT2D eigenvalue weighted by Gasteiger charge is -2.28. The van der Waals surface area contributed by atoms with Crippen molar-refractivity contribution >= 4 is 17.1 Å². The highest BCUT2D eigenvalue weighted by molar-refractivity contribution is 5.90. The van der Waals surface area contributed by atoms with Crippen LogP contribution in [0.4, 0.5) is 17.1 Å². The number of rotatable bonds is 7. The second-order valence-corrected chi connectivity index (χ2v) is 14.2. The second-order valence-electron chi connectivity index (χ2n) is 14.2. The summed E-state index contributed by atoms with van der Waals surface area (Å²) >= 11 is 0. The lowest BCUT2D eigenvalue weighted by molar-refractivity contribution is 0.660. The van der Waals surface area contributed by atoms with E-state index in [2.05, 4.69) is 219 Å². The van der Waals surface area contributed by atoms with Crippen molar-refractivity contribution in [3.63, 3.8) is 0 Å². The van der Waals surface area contributed by atoms with Crippen LogP contribution in [0.15, 0.2) is 200 Å². The lowest BCUT2D eigenvalue weighted by Crippen LogP contribution is -2.16. The third kappa shape index (κ3) is 5.61. The predicted molar refractivity (Wildman–Crippen MR) is 220 cm³/mol. The third-order valence-electron chi connectivity index (χ3n) is 10.7. The molecule has 9 rings (SSSR count). The fourth-order valence-electron chi connectivity index (χ4n) is 7.97. The quantitative estimate of drug-likeness (QED) is 0.164. The highest BCUT2D eigenvalue weighted by Crippen LogP contribution is 2.52. The Hall–Kier alpha value is -6.44. The van der Waals surface area contributed by atoms with E-state index in [0.29, 0.717) is 0 Å². The van der Waals surface area contributed by atoms with Gasteiger partial charge in [-0.1, -0.05) is 172 Å². The fraction of sp³-hybridized carbons (Fsp3) is 0.0588. The summed E-state index contributed by atoms with van der Waals surface area (Å²) in [6.07, 6.45) is 0. The molecule has 0 fully saturated rings. The molecule has 1 heteroatoms. The maximum Gasteiger partial charge on any atom is 0.0467 e. The molecule has 8 aromatic rings. The van der Waals surface area contributed by atoms with Gasteiger partial charge >= 0.3 is 0 Å². The predicted octanol–water partition coefficient (Wildman–Crippen LogP) is 14.1. The minimum atomic E-state index is -0.187. The summed E-state index contributed by atoms with van der Waals surface area (Å²) in [6, 6.07) is 72.7. The van der Waals surface area contributed by atoms with Crippen LogP contribution in [0.3, 0.4) is 0 Å². The van der Waals surface area contributed by atoms with Gasteiger partial charge in [-0.3, -0.25) is 0 Å². The zero-order valence-corrected chi connectivity index (χ0v) is 29.5. The van der Waals surface area contributed by atoms with Gasteiger partial charge in [0.1, 0.15) is 0 Å². The van der Waals surface area contributed by atoms with Gasteiger partial charge in [0.2, 0.25) is 0 Å². The maximum atomic E-state index is 2.43. The molecule has 8 aromatic carbocycles. The molecule has 0 saturated heterocycles. The van der Waals surface area contributed by atoms with E-state index >= 15 is 0 Å². The van der Waals surface area contributed by atoms with Crippen LogP contribution in [-0.4, -0.2) is 0 Å². The summed E-state index contributed by atoms with van der Waals surface area (Å²) in [4.78, 5) is 2.40. The molecule has 0 aromatic heterocycles. The van der Waals surface area contributed by atoms with Crippen LogP contribution in [0.25, 0.3) is 55.6 Å². The molecular weight excluding hydrogens is 627 g/mol. The second kappa shape index (κ2) is 13.0. The van der Waals surface area contributed by atoms with E-state index in [1.165, 1.54) is 66.8 Å². The van der Waals surface area contributed by atoms with Crippen molar-refractivity contribution < 1.29 is 0 Å². The largest absolute Gasteiger partial charge is 0.310 e. The summed E-state index contributed by atoms with van der Waals surface area (Å²) in [5.41, 5.74) is 18.4. The molecule has 1 aliphatic carbocycles. The molecule has 1 nitrogen and oxygen atoms in total. The first kappa shape index (κ1) is 31.5. The zero-order valence-electron chi connectivity index (χ0n) is 29.5. The first-order valence-electron chi connectivity index (χ1n) is 18.1. The SMILES string of the molecule is CC1(C)c2cc(-c3ccccc3-c3ccccc3)ccc2-c2ccc(N(c3ccc(-c4ccccc4)cc3)c3cccc(-c4ccccc4)c3)cc21. The Morgan fingerprint density at radius 3 is 1.38 bits per heavy atom. The van der Waals surface area contributed by atoms with Crippen LogP contribution < -0.4 is 4.90 Å². The van der Waals surface area contributed by atoms with Crippen molar-refractivity contribution in [3.8, 4) is 55.6 Å². The summed E-state index contributed by atoms with van der Waals surface area (Å²) in [7, 11) is 0. The van der Waals surface area contributed by atoms with Crippen LogP contribution in [0.2, 0.25) is 0 Å². The fourth-order valence-corrected chi connectivity index (χ4v) is 7.97. The van der Waals surface area contributed by atoms with E-state index < -0.39 is 0 Å². The van der Waals surface area contributed by atoms with E-state index in [9.17, 15) is 0 Å². The van der Waals surface area contributed by atoms with E-state index in [4.69, 9.17) is 0 Å². The van der Waals surface area contributed by atoms with Crippen LogP contribution in [0.5, 0.6) is 0 Å². The maximum absolute atomic E-state index is 2.43. The van der Waals surface area contributed by atoms with Crippen molar-refractivity contribution in [2.45, 2.75) is 19.3 Å². The molecule has 0 saturated carbocycles. The summed E-state index contributed by atoms with van der Waals surface area (Å²) in [5, 5.41) is 0. The number of fused-ring (bicyclic) bond motifs is 3. The number of anilines is 3. The van der Waals surface area contributed by atoms with Crippen molar-refractivity contribution in [3.05, 3.63) is 211 Å². The normalized spacial score (nSPS) is 12.6. The monoisotopic (exact) mass is 665 g/mol. The summed E-state index contributed by atoms with van der Waals surface area (Å²) in [6.45, 7) is 4.76. The van der Waals surface area contributed by atoms with Crippen molar-refractivity contribution in [1.29, 1.82) is 0 Å². The van der Waals surface area contributed by atoms with Gasteiger partial charge in [-0.15, -0.1) is 0 Å². The minimum absolute atomic E-state index is 0.187. The Kier molecular flexibility index (Phi) is 7.90. The first-order valence-corrected chi connectivity index (χ1v) is 18.1. The van der Waals surface area contributed by atoms with Crippen LogP contribution >= 0.6 is 0 Å². The van der Waals surface area contributed by atoms with Gasteiger partial charge < -0.3 is 4.90 Å². The van der Waals surface area contributed by atoms with E-state index in [1.807, 2.05) is 0 Å². The third-order valence-corrected chi connectivity index (χ3v) is 10.7. The molecule has 0 heterocycles. The van der Waals surface area contributed by atoms with Crippen molar-refractivity contribution in [2.75, 3.05) is 4.90 Å². The van der Waals surface area contributed by atoms with Gasteiger partial charge in [0.15, 0.2) is 0 Å². The van der Waals surface area contributed by atoms with Crippen LogP contribution in [0, 0.1) is 0 Å². The van der Waals surface area contributed by atoms with Gasteiger partial charge in [0.05, 0.1) is 0 Å². The van der Waals surface area contributed by atoms with Gasteiger partial charge in [-0.2, -0.15) is 0 Å². The number of benzene rings is 8. The molecule has 0 amide bonds. The standard InChI is InChI=1S/C51H39N/c1-51(2)49-34-41(46-24-13-12-23-45(46)39-19-10-5-11-20-39)27-31-47(49)48-32-30-44(35-50(48)51)52(42-28-25-38(26-29-42)36-15-6-3-7-16-36)43-22-14-21-40(33-43)37-17-8-4-9-18-37/h3-35H,1-2H3.